The van der Waals surface area contributed by atoms with E-state index in [4.69, 9.17) is 23.7 Å². The highest BCUT2D eigenvalue weighted by molar-refractivity contribution is 5.79. The highest BCUT2D eigenvalue weighted by atomic mass is 16.5. The molecule has 4 rings (SSSR count). The lowest BCUT2D eigenvalue weighted by Gasteiger charge is -2.37. The molecule has 1 atom stereocenters. The van der Waals surface area contributed by atoms with Crippen LogP contribution in [0.2, 0.25) is 0 Å². The number of carbonyl (C=O) groups is 1. The van der Waals surface area contributed by atoms with Crippen LogP contribution in [0, 0.1) is 0 Å². The van der Waals surface area contributed by atoms with Crippen molar-refractivity contribution in [1.29, 1.82) is 0 Å². The summed E-state index contributed by atoms with van der Waals surface area (Å²) in [6.45, 7) is 1.03. The molecule has 2 aliphatic rings. The molecule has 1 aliphatic heterocycles. The van der Waals surface area contributed by atoms with Gasteiger partial charge >= 0.3 is 0 Å². The lowest BCUT2D eigenvalue weighted by Crippen LogP contribution is -2.41. The van der Waals surface area contributed by atoms with Gasteiger partial charge in [-0.3, -0.25) is 4.79 Å². The van der Waals surface area contributed by atoms with Crippen LogP contribution in [0.15, 0.2) is 30.3 Å². The summed E-state index contributed by atoms with van der Waals surface area (Å²) in [6.07, 6.45) is 6.09. The van der Waals surface area contributed by atoms with Crippen LogP contribution in [0.5, 0.6) is 23.0 Å². The number of methoxy groups -OCH3 is 4. The first-order chi connectivity index (χ1) is 16.6. The fourth-order valence-electron chi connectivity index (χ4n) is 4.96. The van der Waals surface area contributed by atoms with Crippen molar-refractivity contribution in [3.63, 3.8) is 0 Å². The summed E-state index contributed by atoms with van der Waals surface area (Å²) in [5, 5.41) is 0. The molecule has 7 nitrogen and oxygen atoms in total. The van der Waals surface area contributed by atoms with Crippen molar-refractivity contribution < 1.29 is 28.5 Å². The predicted molar refractivity (Wildman–Crippen MR) is 129 cm³/mol. The van der Waals surface area contributed by atoms with E-state index in [2.05, 4.69) is 0 Å². The number of hydrogen-bond donors (Lipinski definition) is 0. The molecule has 34 heavy (non-hydrogen) atoms. The van der Waals surface area contributed by atoms with Gasteiger partial charge in [0.2, 0.25) is 5.91 Å². The molecule has 1 amide bonds. The van der Waals surface area contributed by atoms with E-state index in [1.165, 1.54) is 19.3 Å². The van der Waals surface area contributed by atoms with Crippen molar-refractivity contribution in [2.24, 2.45) is 0 Å². The van der Waals surface area contributed by atoms with E-state index in [0.717, 1.165) is 29.5 Å². The molecule has 2 aromatic rings. The lowest BCUT2D eigenvalue weighted by molar-refractivity contribution is -0.136. The average molecular weight is 470 g/mol. The smallest absolute Gasteiger partial charge is 0.227 e. The van der Waals surface area contributed by atoms with Crippen molar-refractivity contribution >= 4 is 5.91 Å². The highest BCUT2D eigenvalue weighted by Gasteiger charge is 2.32. The quantitative estimate of drug-likeness (QED) is 0.559. The van der Waals surface area contributed by atoms with Crippen LogP contribution in [0.3, 0.4) is 0 Å². The normalized spacial score (nSPS) is 18.2. The fraction of sp³-hybridized carbons (Fsp3) is 0.519. The largest absolute Gasteiger partial charge is 0.493 e. The Morgan fingerprint density at radius 1 is 0.853 bits per heavy atom. The zero-order valence-electron chi connectivity index (χ0n) is 20.6. The monoisotopic (exact) mass is 469 g/mol. The third-order valence-electron chi connectivity index (χ3n) is 6.80. The molecule has 1 heterocycles. The summed E-state index contributed by atoms with van der Waals surface area (Å²) < 4.78 is 28.4. The number of ether oxygens (including phenoxy) is 5. The standard InChI is InChI=1S/C27H35NO6/c1-30-22-11-10-18(12-23(22)31-2)13-27(29)28-16-19-14-24(32-3)25(33-4)15-21(19)26(17-28)34-20-8-6-5-7-9-20/h10-12,14-15,20,26H,5-9,13,16-17H2,1-4H3. The molecule has 0 saturated heterocycles. The molecule has 7 heteroatoms. The van der Waals surface area contributed by atoms with Crippen LogP contribution in [0.1, 0.15) is 54.9 Å². The third kappa shape index (κ3) is 5.25. The first kappa shape index (κ1) is 24.2. The fourth-order valence-corrected chi connectivity index (χ4v) is 4.96. The summed E-state index contributed by atoms with van der Waals surface area (Å²) >= 11 is 0. The molecule has 184 valence electrons. The second kappa shape index (κ2) is 11.0. The number of hydrogen-bond acceptors (Lipinski definition) is 6. The van der Waals surface area contributed by atoms with Gasteiger partial charge in [-0.05, 0) is 53.8 Å². The molecule has 1 fully saturated rings. The number of fused-ring (bicyclic) bond motifs is 1. The number of rotatable bonds is 8. The van der Waals surface area contributed by atoms with Crippen molar-refractivity contribution in [3.05, 3.63) is 47.0 Å². The Bertz CT molecular complexity index is 1000. The van der Waals surface area contributed by atoms with Gasteiger partial charge in [0.1, 0.15) is 6.10 Å². The summed E-state index contributed by atoms with van der Waals surface area (Å²) in [5.74, 6) is 2.65. The van der Waals surface area contributed by atoms with Crippen LogP contribution >= 0.6 is 0 Å². The van der Waals surface area contributed by atoms with Crippen LogP contribution in [0.25, 0.3) is 0 Å². The summed E-state index contributed by atoms with van der Waals surface area (Å²) in [6, 6.07) is 9.58. The number of nitrogens with zero attached hydrogens (tertiary/aromatic N) is 1. The molecular formula is C27H35NO6. The van der Waals surface area contributed by atoms with E-state index in [1.807, 2.05) is 35.2 Å². The Morgan fingerprint density at radius 2 is 1.50 bits per heavy atom. The topological polar surface area (TPSA) is 66.5 Å². The van der Waals surface area contributed by atoms with E-state index < -0.39 is 0 Å². The molecule has 0 bridgehead atoms. The van der Waals surface area contributed by atoms with Crippen molar-refractivity contribution in [1.82, 2.24) is 4.90 Å². The maximum Gasteiger partial charge on any atom is 0.227 e. The minimum atomic E-state index is -0.194. The van der Waals surface area contributed by atoms with E-state index in [0.29, 0.717) is 36.1 Å². The molecule has 0 aromatic heterocycles. The molecular weight excluding hydrogens is 434 g/mol. The van der Waals surface area contributed by atoms with Gasteiger partial charge in [-0.15, -0.1) is 0 Å². The van der Waals surface area contributed by atoms with E-state index in [-0.39, 0.29) is 24.5 Å². The molecule has 2 aromatic carbocycles. The predicted octanol–water partition coefficient (Wildman–Crippen LogP) is 4.70. The van der Waals surface area contributed by atoms with E-state index >= 15 is 0 Å². The second-order valence-electron chi connectivity index (χ2n) is 8.93. The van der Waals surface area contributed by atoms with Crippen LogP contribution < -0.4 is 18.9 Å². The lowest BCUT2D eigenvalue weighted by atomic mass is 9.94. The minimum Gasteiger partial charge on any atom is -0.493 e. The average Bonchev–Trinajstić information content (AvgIpc) is 2.88. The first-order valence-electron chi connectivity index (χ1n) is 11.9. The summed E-state index contributed by atoms with van der Waals surface area (Å²) in [5.41, 5.74) is 2.99. The van der Waals surface area contributed by atoms with Gasteiger partial charge in [-0.25, -0.2) is 0 Å². The van der Waals surface area contributed by atoms with Crippen LogP contribution in [-0.2, 0) is 22.5 Å². The number of amides is 1. The SMILES string of the molecule is COc1ccc(CC(=O)N2Cc3cc(OC)c(OC)cc3C(OC3CCCCC3)C2)cc1OC. The molecule has 0 radical (unpaired) electrons. The Balaban J connectivity index is 1.58. The molecule has 0 spiro atoms. The Morgan fingerprint density at radius 3 is 2.18 bits per heavy atom. The number of carbonyl (C=O) groups excluding carboxylic acids is 1. The highest BCUT2D eigenvalue weighted by Crippen LogP contribution is 2.40. The third-order valence-corrected chi connectivity index (χ3v) is 6.80. The van der Waals surface area contributed by atoms with Crippen molar-refractivity contribution in [2.45, 2.75) is 57.3 Å². The molecule has 1 aliphatic carbocycles. The van der Waals surface area contributed by atoms with E-state index in [9.17, 15) is 4.79 Å². The maximum absolute atomic E-state index is 13.4. The van der Waals surface area contributed by atoms with Gasteiger partial charge in [0.15, 0.2) is 23.0 Å². The van der Waals surface area contributed by atoms with Crippen LogP contribution in [0.4, 0.5) is 0 Å². The maximum atomic E-state index is 13.4. The van der Waals surface area contributed by atoms with Crippen LogP contribution in [-0.4, -0.2) is 51.9 Å². The van der Waals surface area contributed by atoms with Crippen molar-refractivity contribution in [3.8, 4) is 23.0 Å². The zero-order valence-corrected chi connectivity index (χ0v) is 20.6. The summed E-state index contributed by atoms with van der Waals surface area (Å²) in [7, 11) is 6.47. The molecule has 1 unspecified atom stereocenters. The Hall–Kier alpha value is -2.93. The van der Waals surface area contributed by atoms with Gasteiger partial charge in [0, 0.05) is 6.54 Å². The minimum absolute atomic E-state index is 0.0462. The Labute approximate surface area is 201 Å². The Kier molecular flexibility index (Phi) is 7.83. The molecule has 0 N–H and O–H groups in total. The van der Waals surface area contributed by atoms with E-state index in [1.54, 1.807) is 28.4 Å². The van der Waals surface area contributed by atoms with Gasteiger partial charge in [-0.2, -0.15) is 0 Å². The van der Waals surface area contributed by atoms with Gasteiger partial charge in [0.05, 0.1) is 47.5 Å². The van der Waals surface area contributed by atoms with Gasteiger partial charge in [0.25, 0.3) is 0 Å². The first-order valence-corrected chi connectivity index (χ1v) is 11.9. The zero-order chi connectivity index (χ0) is 24.1. The number of benzene rings is 2. The molecule has 1 saturated carbocycles. The van der Waals surface area contributed by atoms with Gasteiger partial charge in [-0.1, -0.05) is 25.3 Å². The van der Waals surface area contributed by atoms with Crippen molar-refractivity contribution in [2.75, 3.05) is 35.0 Å². The summed E-state index contributed by atoms with van der Waals surface area (Å²) in [4.78, 5) is 15.3. The second-order valence-corrected chi connectivity index (χ2v) is 8.93. The van der Waals surface area contributed by atoms with Gasteiger partial charge < -0.3 is 28.6 Å².